The summed E-state index contributed by atoms with van der Waals surface area (Å²) in [5.74, 6) is 0.259. The van der Waals surface area contributed by atoms with E-state index in [1.165, 1.54) is 0 Å². The van der Waals surface area contributed by atoms with E-state index in [0.717, 1.165) is 39.0 Å². The van der Waals surface area contributed by atoms with Crippen molar-refractivity contribution in [2.75, 3.05) is 26.8 Å². The standard InChI is InChI=1S/C10H18N2O2/c1-11-9-3-2-5-12(10(9)13)8-4-6-14-7-8/h8-9,11H,2-7H2,1H3. The number of carbonyl (C=O) groups is 1. The van der Waals surface area contributed by atoms with Crippen LogP contribution in [0.3, 0.4) is 0 Å². The van der Waals surface area contributed by atoms with Gasteiger partial charge in [-0.2, -0.15) is 0 Å². The lowest BCUT2D eigenvalue weighted by Gasteiger charge is -2.35. The molecule has 4 heteroatoms. The highest BCUT2D eigenvalue weighted by atomic mass is 16.5. The maximum Gasteiger partial charge on any atom is 0.240 e. The van der Waals surface area contributed by atoms with E-state index in [1.54, 1.807) is 0 Å². The number of nitrogens with zero attached hydrogens (tertiary/aromatic N) is 1. The Morgan fingerprint density at radius 2 is 2.36 bits per heavy atom. The Kier molecular flexibility index (Phi) is 3.03. The van der Waals surface area contributed by atoms with Crippen LogP contribution in [0.4, 0.5) is 0 Å². The second-order valence-electron chi connectivity index (χ2n) is 4.03. The van der Waals surface area contributed by atoms with Crippen molar-refractivity contribution in [3.8, 4) is 0 Å². The van der Waals surface area contributed by atoms with Crippen LogP contribution in [0, 0.1) is 0 Å². The van der Waals surface area contributed by atoms with E-state index >= 15 is 0 Å². The van der Waals surface area contributed by atoms with Gasteiger partial charge in [0.1, 0.15) is 0 Å². The van der Waals surface area contributed by atoms with Crippen LogP contribution in [-0.2, 0) is 9.53 Å². The Balaban J connectivity index is 1.99. The third kappa shape index (κ3) is 1.77. The molecule has 0 radical (unpaired) electrons. The minimum absolute atomic E-state index is 0.0318. The number of hydrogen-bond acceptors (Lipinski definition) is 3. The molecule has 1 amide bonds. The highest BCUT2D eigenvalue weighted by molar-refractivity contribution is 5.82. The zero-order valence-electron chi connectivity index (χ0n) is 8.66. The molecule has 4 nitrogen and oxygen atoms in total. The molecule has 2 rings (SSSR count). The van der Waals surface area contributed by atoms with Crippen LogP contribution >= 0.6 is 0 Å². The van der Waals surface area contributed by atoms with Crippen molar-refractivity contribution in [3.05, 3.63) is 0 Å². The Morgan fingerprint density at radius 3 is 3.00 bits per heavy atom. The molecule has 0 saturated carbocycles. The minimum Gasteiger partial charge on any atom is -0.379 e. The zero-order valence-corrected chi connectivity index (χ0v) is 8.66. The number of amides is 1. The predicted molar refractivity (Wildman–Crippen MR) is 53.0 cm³/mol. The second-order valence-corrected chi connectivity index (χ2v) is 4.03. The largest absolute Gasteiger partial charge is 0.379 e. The summed E-state index contributed by atoms with van der Waals surface area (Å²) in [6.45, 7) is 2.44. The third-order valence-corrected chi connectivity index (χ3v) is 3.17. The maximum absolute atomic E-state index is 12.0. The summed E-state index contributed by atoms with van der Waals surface area (Å²) in [4.78, 5) is 13.9. The SMILES string of the molecule is CNC1CCCN(C2CCOC2)C1=O. The molecule has 0 bridgehead atoms. The average molecular weight is 198 g/mol. The number of nitrogens with one attached hydrogen (secondary N) is 1. The van der Waals surface area contributed by atoms with E-state index in [1.807, 2.05) is 11.9 Å². The smallest absolute Gasteiger partial charge is 0.240 e. The van der Waals surface area contributed by atoms with Crippen LogP contribution in [-0.4, -0.2) is 49.7 Å². The average Bonchev–Trinajstić information content (AvgIpc) is 2.71. The summed E-state index contributed by atoms with van der Waals surface area (Å²) in [5.41, 5.74) is 0. The van der Waals surface area contributed by atoms with Gasteiger partial charge in [-0.05, 0) is 26.3 Å². The molecule has 1 N–H and O–H groups in total. The fourth-order valence-electron chi connectivity index (χ4n) is 2.30. The van der Waals surface area contributed by atoms with E-state index < -0.39 is 0 Å². The van der Waals surface area contributed by atoms with Crippen molar-refractivity contribution in [1.29, 1.82) is 0 Å². The lowest BCUT2D eigenvalue weighted by molar-refractivity contribution is -0.138. The van der Waals surface area contributed by atoms with Crippen molar-refractivity contribution in [1.82, 2.24) is 10.2 Å². The number of rotatable bonds is 2. The topological polar surface area (TPSA) is 41.6 Å². The molecule has 80 valence electrons. The normalized spacial score (nSPS) is 33.8. The van der Waals surface area contributed by atoms with E-state index in [4.69, 9.17) is 4.74 Å². The van der Waals surface area contributed by atoms with Crippen LogP contribution < -0.4 is 5.32 Å². The molecule has 2 atom stereocenters. The lowest BCUT2D eigenvalue weighted by atomic mass is 10.0. The molecule has 2 aliphatic rings. The van der Waals surface area contributed by atoms with Gasteiger partial charge in [0, 0.05) is 13.2 Å². The molecule has 2 unspecified atom stereocenters. The first-order chi connectivity index (χ1) is 6.83. The fraction of sp³-hybridized carbons (Fsp3) is 0.900. The maximum atomic E-state index is 12.0. The van der Waals surface area contributed by atoms with Crippen molar-refractivity contribution in [2.45, 2.75) is 31.3 Å². The van der Waals surface area contributed by atoms with Crippen LogP contribution in [0.2, 0.25) is 0 Å². The first-order valence-corrected chi connectivity index (χ1v) is 5.38. The summed E-state index contributed by atoms with van der Waals surface area (Å²) in [6.07, 6.45) is 3.08. The number of ether oxygens (including phenoxy) is 1. The highest BCUT2D eigenvalue weighted by Crippen LogP contribution is 2.19. The molecule has 0 spiro atoms. The van der Waals surface area contributed by atoms with Crippen molar-refractivity contribution in [2.24, 2.45) is 0 Å². The molecule has 0 aromatic heterocycles. The van der Waals surface area contributed by atoms with Crippen molar-refractivity contribution < 1.29 is 9.53 Å². The van der Waals surface area contributed by atoms with Gasteiger partial charge in [-0.25, -0.2) is 0 Å². The molecule has 0 aromatic carbocycles. The number of hydrogen-bond donors (Lipinski definition) is 1. The molecule has 14 heavy (non-hydrogen) atoms. The van der Waals surface area contributed by atoms with Gasteiger partial charge < -0.3 is 15.0 Å². The van der Waals surface area contributed by atoms with Crippen LogP contribution in [0.25, 0.3) is 0 Å². The minimum atomic E-state index is 0.0318. The first kappa shape index (κ1) is 9.93. The van der Waals surface area contributed by atoms with Crippen LogP contribution in [0.15, 0.2) is 0 Å². The Labute approximate surface area is 84.6 Å². The van der Waals surface area contributed by atoms with Crippen molar-refractivity contribution in [3.63, 3.8) is 0 Å². The van der Waals surface area contributed by atoms with Gasteiger partial charge in [0.2, 0.25) is 5.91 Å². The van der Waals surface area contributed by atoms with Gasteiger partial charge in [0.25, 0.3) is 0 Å². The van der Waals surface area contributed by atoms with Crippen LogP contribution in [0.1, 0.15) is 19.3 Å². The van der Waals surface area contributed by atoms with E-state index in [9.17, 15) is 4.79 Å². The van der Waals surface area contributed by atoms with E-state index in [2.05, 4.69) is 5.32 Å². The fourth-order valence-corrected chi connectivity index (χ4v) is 2.30. The van der Waals surface area contributed by atoms with Gasteiger partial charge in [-0.1, -0.05) is 0 Å². The quantitative estimate of drug-likeness (QED) is 0.678. The summed E-state index contributed by atoms with van der Waals surface area (Å²) in [7, 11) is 1.86. The Morgan fingerprint density at radius 1 is 1.50 bits per heavy atom. The molecular formula is C10H18N2O2. The van der Waals surface area contributed by atoms with Crippen LogP contribution in [0.5, 0.6) is 0 Å². The first-order valence-electron chi connectivity index (χ1n) is 5.38. The molecule has 2 saturated heterocycles. The third-order valence-electron chi connectivity index (χ3n) is 3.17. The molecule has 2 aliphatic heterocycles. The summed E-state index contributed by atoms with van der Waals surface area (Å²) in [6, 6.07) is 0.364. The molecule has 2 heterocycles. The van der Waals surface area contributed by atoms with Crippen molar-refractivity contribution >= 4 is 5.91 Å². The van der Waals surface area contributed by atoms with Gasteiger partial charge in [0.15, 0.2) is 0 Å². The number of piperidine rings is 1. The molecule has 0 aliphatic carbocycles. The summed E-state index contributed by atoms with van der Waals surface area (Å²) < 4.78 is 5.31. The highest BCUT2D eigenvalue weighted by Gasteiger charge is 2.33. The Bertz CT molecular complexity index is 214. The van der Waals surface area contributed by atoms with E-state index in [0.29, 0.717) is 6.04 Å². The number of carbonyl (C=O) groups excluding carboxylic acids is 1. The molecule has 2 fully saturated rings. The van der Waals surface area contributed by atoms with Gasteiger partial charge in [-0.3, -0.25) is 4.79 Å². The van der Waals surface area contributed by atoms with Gasteiger partial charge in [-0.15, -0.1) is 0 Å². The summed E-state index contributed by atoms with van der Waals surface area (Å²) >= 11 is 0. The zero-order chi connectivity index (χ0) is 9.97. The predicted octanol–water partition coefficient (Wildman–Crippen LogP) is -0.0143. The Hall–Kier alpha value is -0.610. The van der Waals surface area contributed by atoms with Gasteiger partial charge in [0.05, 0.1) is 18.7 Å². The van der Waals surface area contributed by atoms with Gasteiger partial charge >= 0.3 is 0 Å². The second kappa shape index (κ2) is 4.28. The molecule has 0 aromatic rings. The monoisotopic (exact) mass is 198 g/mol. The number of likely N-dealkylation sites (N-methyl/N-ethyl adjacent to an activating group) is 1. The van der Waals surface area contributed by atoms with E-state index in [-0.39, 0.29) is 11.9 Å². The molecular weight excluding hydrogens is 180 g/mol. The summed E-state index contributed by atoms with van der Waals surface area (Å²) in [5, 5.41) is 3.08. The lowest BCUT2D eigenvalue weighted by Crippen LogP contribution is -2.53. The number of likely N-dealkylation sites (tertiary alicyclic amines) is 1.